The van der Waals surface area contributed by atoms with Crippen LogP contribution in [0.4, 0.5) is 28.4 Å². The summed E-state index contributed by atoms with van der Waals surface area (Å²) in [7, 11) is 0. The molecular weight excluding hydrogens is 737 g/mol. The van der Waals surface area contributed by atoms with Crippen molar-refractivity contribution in [3.8, 4) is 22.3 Å². The zero-order valence-electron chi connectivity index (χ0n) is 33.7. The molecule has 3 aliphatic rings. The van der Waals surface area contributed by atoms with Crippen molar-refractivity contribution in [3.63, 3.8) is 0 Å². The lowest BCUT2D eigenvalue weighted by atomic mass is 9.62. The van der Waals surface area contributed by atoms with Gasteiger partial charge in [0.15, 0.2) is 0 Å². The third-order valence-corrected chi connectivity index (χ3v) is 13.2. The van der Waals surface area contributed by atoms with E-state index in [2.05, 4.69) is 246 Å². The molecule has 1 unspecified atom stereocenters. The second kappa shape index (κ2) is 14.3. The molecule has 0 fully saturated rings. The molecule has 0 saturated carbocycles. The van der Waals surface area contributed by atoms with Crippen molar-refractivity contribution < 1.29 is 0 Å². The molecule has 0 bridgehead atoms. The van der Waals surface area contributed by atoms with Crippen LogP contribution in [0.2, 0.25) is 0 Å². The van der Waals surface area contributed by atoms with Crippen molar-refractivity contribution in [2.24, 2.45) is 0 Å². The number of nitrogens with zero attached hydrogens (tertiary/aromatic N) is 2. The standard InChI is InChI=1S/C59H42N2/c1-3-22-42(23-4-1)60(56-35-16-12-30-51(56)48-28-10-9-27-47(48)46-31-19-21-41-20-7-8-26-45(41)46)44-38-39-50-49-29-11-13-32-52(49)59(55(50)40-44)53-33-14-17-36-57(53)61(43-24-5-2-6-25-43)58-37-18-15-34-54(58)59/h1-39,44H,40H2. The highest BCUT2D eigenvalue weighted by Gasteiger charge is 2.53. The lowest BCUT2D eigenvalue weighted by Crippen LogP contribution is -2.40. The number of hydrogen-bond acceptors (Lipinski definition) is 2. The third kappa shape index (κ3) is 5.35. The van der Waals surface area contributed by atoms with Crippen molar-refractivity contribution in [1.82, 2.24) is 0 Å². The first-order chi connectivity index (χ1) is 30.3. The minimum absolute atomic E-state index is 0.0182. The fourth-order valence-electron chi connectivity index (χ4n) is 10.8. The maximum absolute atomic E-state index is 2.60. The summed E-state index contributed by atoms with van der Waals surface area (Å²) in [6.07, 6.45) is 5.74. The van der Waals surface area contributed by atoms with Gasteiger partial charge in [0.05, 0.1) is 22.8 Å². The van der Waals surface area contributed by atoms with Gasteiger partial charge in [0.2, 0.25) is 0 Å². The largest absolute Gasteiger partial charge is 0.334 e. The van der Waals surface area contributed by atoms with E-state index < -0.39 is 5.41 Å². The van der Waals surface area contributed by atoms with Gasteiger partial charge >= 0.3 is 0 Å². The number of anilines is 5. The number of hydrogen-bond donors (Lipinski definition) is 0. The van der Waals surface area contributed by atoms with Crippen LogP contribution in [-0.2, 0) is 5.41 Å². The molecule has 2 nitrogen and oxygen atoms in total. The number of benzene rings is 9. The average molecular weight is 779 g/mol. The molecule has 2 aliphatic carbocycles. The molecule has 1 heterocycles. The summed E-state index contributed by atoms with van der Waals surface area (Å²) in [6.45, 7) is 0. The van der Waals surface area contributed by atoms with Crippen molar-refractivity contribution in [1.29, 1.82) is 0 Å². The molecule has 2 heteroatoms. The van der Waals surface area contributed by atoms with Gasteiger partial charge in [-0.2, -0.15) is 0 Å². The van der Waals surface area contributed by atoms with Crippen LogP contribution in [0.5, 0.6) is 0 Å². The van der Waals surface area contributed by atoms with E-state index in [9.17, 15) is 0 Å². The summed E-state index contributed by atoms with van der Waals surface area (Å²) in [6, 6.07) is 82.6. The quantitative estimate of drug-likeness (QED) is 0.166. The van der Waals surface area contributed by atoms with Crippen LogP contribution in [0.25, 0.3) is 38.6 Å². The maximum Gasteiger partial charge on any atom is 0.0718 e. The Labute approximate surface area is 357 Å². The predicted octanol–water partition coefficient (Wildman–Crippen LogP) is 15.2. The summed E-state index contributed by atoms with van der Waals surface area (Å²) in [5.74, 6) is 0. The first-order valence-corrected chi connectivity index (χ1v) is 21.4. The molecular formula is C59H42N2. The molecule has 1 spiro atoms. The molecule has 0 saturated heterocycles. The van der Waals surface area contributed by atoms with Crippen LogP contribution >= 0.6 is 0 Å². The van der Waals surface area contributed by atoms with Crippen LogP contribution in [-0.4, -0.2) is 6.04 Å². The van der Waals surface area contributed by atoms with Gasteiger partial charge in [0.25, 0.3) is 0 Å². The molecule has 12 rings (SSSR count). The van der Waals surface area contributed by atoms with Gasteiger partial charge in [-0.25, -0.2) is 0 Å². The van der Waals surface area contributed by atoms with E-state index in [0.29, 0.717) is 0 Å². The Morgan fingerprint density at radius 1 is 0.426 bits per heavy atom. The van der Waals surface area contributed by atoms with Gasteiger partial charge in [0.1, 0.15) is 0 Å². The normalized spacial score (nSPS) is 15.6. The molecule has 1 aliphatic heterocycles. The summed E-state index contributed by atoms with van der Waals surface area (Å²) in [4.78, 5) is 5.07. The van der Waals surface area contributed by atoms with Crippen LogP contribution in [0.15, 0.2) is 242 Å². The van der Waals surface area contributed by atoms with E-state index in [1.54, 1.807) is 0 Å². The Morgan fingerprint density at radius 3 is 1.69 bits per heavy atom. The second-order valence-corrected chi connectivity index (χ2v) is 16.3. The van der Waals surface area contributed by atoms with Gasteiger partial charge in [-0.15, -0.1) is 0 Å². The molecule has 61 heavy (non-hydrogen) atoms. The first-order valence-electron chi connectivity index (χ1n) is 21.4. The fourth-order valence-corrected chi connectivity index (χ4v) is 10.8. The Bertz CT molecular complexity index is 3140. The zero-order valence-corrected chi connectivity index (χ0v) is 33.7. The Hall–Kier alpha value is -7.68. The molecule has 288 valence electrons. The van der Waals surface area contributed by atoms with Crippen LogP contribution < -0.4 is 9.80 Å². The van der Waals surface area contributed by atoms with Crippen LogP contribution in [0, 0.1) is 0 Å². The second-order valence-electron chi connectivity index (χ2n) is 16.3. The highest BCUT2D eigenvalue weighted by atomic mass is 15.2. The number of fused-ring (bicyclic) bond motifs is 9. The Kier molecular flexibility index (Phi) is 8.24. The van der Waals surface area contributed by atoms with Crippen LogP contribution in [0.3, 0.4) is 0 Å². The van der Waals surface area contributed by atoms with Crippen LogP contribution in [0.1, 0.15) is 28.7 Å². The van der Waals surface area contributed by atoms with Crippen molar-refractivity contribution >= 4 is 44.8 Å². The highest BCUT2D eigenvalue weighted by Crippen LogP contribution is 2.64. The van der Waals surface area contributed by atoms with E-state index in [1.807, 2.05) is 0 Å². The van der Waals surface area contributed by atoms with Gasteiger partial charge < -0.3 is 9.80 Å². The number of allylic oxidation sites excluding steroid dienone is 2. The summed E-state index contributed by atoms with van der Waals surface area (Å²) >= 11 is 0. The van der Waals surface area contributed by atoms with E-state index in [0.717, 1.165) is 12.1 Å². The minimum Gasteiger partial charge on any atom is -0.334 e. The highest BCUT2D eigenvalue weighted by molar-refractivity contribution is 6.03. The monoisotopic (exact) mass is 778 g/mol. The van der Waals surface area contributed by atoms with Gasteiger partial charge in [-0.3, -0.25) is 0 Å². The topological polar surface area (TPSA) is 6.48 Å². The third-order valence-electron chi connectivity index (χ3n) is 13.2. The lowest BCUT2D eigenvalue weighted by molar-refractivity contribution is 0.647. The molecule has 0 N–H and O–H groups in total. The Balaban J connectivity index is 1.06. The zero-order chi connectivity index (χ0) is 40.3. The summed E-state index contributed by atoms with van der Waals surface area (Å²) in [5.41, 5.74) is 18.5. The fraction of sp³-hybridized carbons (Fsp3) is 0.0508. The SMILES string of the molecule is C1=CC(N(c2ccccc2)c2ccccc2-c2ccccc2-c2cccc3ccccc23)CC2=C1c1ccccc1C21c2ccccc2N(c2ccccc2)c2ccccc21. The van der Waals surface area contributed by atoms with Crippen molar-refractivity contribution in [3.05, 3.63) is 264 Å². The van der Waals surface area contributed by atoms with Gasteiger partial charge in [-0.1, -0.05) is 194 Å². The molecule has 0 amide bonds. The molecule has 0 aromatic heterocycles. The molecule has 1 atom stereocenters. The molecule has 9 aromatic carbocycles. The van der Waals surface area contributed by atoms with E-state index >= 15 is 0 Å². The number of para-hydroxylation sites is 5. The lowest BCUT2D eigenvalue weighted by Gasteiger charge is -2.47. The van der Waals surface area contributed by atoms with E-state index in [-0.39, 0.29) is 6.04 Å². The van der Waals surface area contributed by atoms with Gasteiger partial charge in [-0.05, 0) is 110 Å². The summed E-state index contributed by atoms with van der Waals surface area (Å²) < 4.78 is 0. The average Bonchev–Trinajstić information content (AvgIpc) is 3.62. The van der Waals surface area contributed by atoms with E-state index in [4.69, 9.17) is 0 Å². The first kappa shape index (κ1) is 35.3. The number of rotatable bonds is 6. The van der Waals surface area contributed by atoms with E-state index in [1.165, 1.54) is 89.2 Å². The molecule has 9 aromatic rings. The smallest absolute Gasteiger partial charge is 0.0718 e. The predicted molar refractivity (Wildman–Crippen MR) is 255 cm³/mol. The van der Waals surface area contributed by atoms with Crippen molar-refractivity contribution in [2.75, 3.05) is 9.80 Å². The summed E-state index contributed by atoms with van der Waals surface area (Å²) in [5, 5.41) is 2.50. The minimum atomic E-state index is -0.490. The maximum atomic E-state index is 2.60. The molecule has 0 radical (unpaired) electrons. The van der Waals surface area contributed by atoms with Crippen molar-refractivity contribution in [2.45, 2.75) is 17.9 Å². The van der Waals surface area contributed by atoms with Gasteiger partial charge in [0, 0.05) is 22.6 Å². The Morgan fingerprint density at radius 2 is 0.951 bits per heavy atom.